The van der Waals surface area contributed by atoms with Crippen LogP contribution >= 0.6 is 0 Å². The highest BCUT2D eigenvalue weighted by Crippen LogP contribution is 2.29. The van der Waals surface area contributed by atoms with Crippen LogP contribution < -0.4 is 0 Å². The maximum absolute atomic E-state index is 12.4. The zero-order chi connectivity index (χ0) is 16.5. The quantitative estimate of drug-likeness (QED) is 0.933. The second kappa shape index (κ2) is 5.71. The number of hydrogen-bond acceptors (Lipinski definition) is 4. The molecule has 2 aromatic rings. The zero-order valence-electron chi connectivity index (χ0n) is 11.8. The molecule has 120 valence electrons. The Bertz CT molecular complexity index is 750. The lowest BCUT2D eigenvalue weighted by Crippen LogP contribution is -2.10. The number of nitrogens with zero attached hydrogens (tertiary/aromatic N) is 2. The predicted octanol–water partition coefficient (Wildman–Crippen LogP) is 2.92. The molecule has 2 aromatic heterocycles. The standard InChI is InChI=1S/C13H14F3N3O2S/c1-8(2)11-5-10(18-19-11)7-22(20,21)12-4-3-9(6-17-12)13(14,15)16/h3-6,8H,7H2,1-2H3,(H,18,19). The second-order valence-corrected chi connectivity index (χ2v) is 7.05. The van der Waals surface area contributed by atoms with Gasteiger partial charge in [0.15, 0.2) is 5.03 Å². The van der Waals surface area contributed by atoms with Gasteiger partial charge in [-0.15, -0.1) is 0 Å². The number of H-pyrrole nitrogens is 1. The van der Waals surface area contributed by atoms with E-state index in [1.807, 2.05) is 13.8 Å². The third-order valence-corrected chi connectivity index (χ3v) is 4.54. The summed E-state index contributed by atoms with van der Waals surface area (Å²) >= 11 is 0. The van der Waals surface area contributed by atoms with Crippen molar-refractivity contribution in [3.8, 4) is 0 Å². The van der Waals surface area contributed by atoms with E-state index < -0.39 is 32.4 Å². The van der Waals surface area contributed by atoms with E-state index in [9.17, 15) is 21.6 Å². The Kier molecular flexibility index (Phi) is 4.28. The van der Waals surface area contributed by atoms with Crippen LogP contribution in [0.4, 0.5) is 13.2 Å². The van der Waals surface area contributed by atoms with Crippen LogP contribution in [0.2, 0.25) is 0 Å². The fourth-order valence-corrected chi connectivity index (χ4v) is 2.95. The molecule has 0 fully saturated rings. The van der Waals surface area contributed by atoms with Gasteiger partial charge in [-0.05, 0) is 24.1 Å². The summed E-state index contributed by atoms with van der Waals surface area (Å²) in [4.78, 5) is 3.41. The highest BCUT2D eigenvalue weighted by Gasteiger charge is 2.31. The van der Waals surface area contributed by atoms with Crippen molar-refractivity contribution in [1.82, 2.24) is 15.2 Å². The molecule has 0 spiro atoms. The van der Waals surface area contributed by atoms with E-state index in [4.69, 9.17) is 0 Å². The molecule has 0 bridgehead atoms. The summed E-state index contributed by atoms with van der Waals surface area (Å²) in [5.41, 5.74) is 0.0889. The minimum atomic E-state index is -4.55. The Morgan fingerprint density at radius 1 is 1.27 bits per heavy atom. The van der Waals surface area contributed by atoms with Crippen molar-refractivity contribution in [2.45, 2.75) is 36.7 Å². The Morgan fingerprint density at radius 2 is 1.95 bits per heavy atom. The topological polar surface area (TPSA) is 75.7 Å². The smallest absolute Gasteiger partial charge is 0.281 e. The lowest BCUT2D eigenvalue weighted by Gasteiger charge is -2.07. The van der Waals surface area contributed by atoms with Gasteiger partial charge < -0.3 is 0 Å². The van der Waals surface area contributed by atoms with E-state index in [-0.39, 0.29) is 5.92 Å². The van der Waals surface area contributed by atoms with Crippen molar-refractivity contribution >= 4 is 9.84 Å². The lowest BCUT2D eigenvalue weighted by atomic mass is 10.1. The molecule has 0 radical (unpaired) electrons. The van der Waals surface area contributed by atoms with Gasteiger partial charge in [0.25, 0.3) is 0 Å². The molecule has 1 N–H and O–H groups in total. The Morgan fingerprint density at radius 3 is 2.41 bits per heavy atom. The van der Waals surface area contributed by atoms with Gasteiger partial charge in [-0.2, -0.15) is 18.3 Å². The molecule has 22 heavy (non-hydrogen) atoms. The Labute approximate surface area is 125 Å². The molecule has 0 aliphatic rings. The summed E-state index contributed by atoms with van der Waals surface area (Å²) in [5, 5.41) is 6.19. The monoisotopic (exact) mass is 333 g/mol. The summed E-state index contributed by atoms with van der Waals surface area (Å²) in [6.45, 7) is 3.82. The fraction of sp³-hybridized carbons (Fsp3) is 0.385. The number of alkyl halides is 3. The van der Waals surface area contributed by atoms with Gasteiger partial charge in [0.1, 0.15) is 0 Å². The van der Waals surface area contributed by atoms with Crippen LogP contribution in [0.15, 0.2) is 29.4 Å². The molecule has 0 aromatic carbocycles. The molecular weight excluding hydrogens is 319 g/mol. The van der Waals surface area contributed by atoms with Gasteiger partial charge in [-0.3, -0.25) is 5.10 Å². The first kappa shape index (κ1) is 16.5. The molecule has 2 rings (SSSR count). The van der Waals surface area contributed by atoms with Crippen LogP contribution in [-0.4, -0.2) is 23.6 Å². The van der Waals surface area contributed by atoms with Gasteiger partial charge in [-0.1, -0.05) is 13.8 Å². The minimum Gasteiger partial charge on any atom is -0.281 e. The van der Waals surface area contributed by atoms with Gasteiger partial charge in [0.05, 0.1) is 22.7 Å². The molecular formula is C13H14F3N3O2S. The van der Waals surface area contributed by atoms with Crippen molar-refractivity contribution < 1.29 is 21.6 Å². The van der Waals surface area contributed by atoms with Crippen molar-refractivity contribution in [3.63, 3.8) is 0 Å². The van der Waals surface area contributed by atoms with Crippen molar-refractivity contribution in [2.24, 2.45) is 0 Å². The predicted molar refractivity (Wildman–Crippen MR) is 72.8 cm³/mol. The second-order valence-electron chi connectivity index (χ2n) is 5.11. The number of sulfone groups is 1. The van der Waals surface area contributed by atoms with E-state index in [0.717, 1.165) is 6.07 Å². The molecule has 0 aliphatic heterocycles. The van der Waals surface area contributed by atoms with E-state index in [1.165, 1.54) is 0 Å². The van der Waals surface area contributed by atoms with Gasteiger partial charge in [0.2, 0.25) is 9.84 Å². The summed E-state index contributed by atoms with van der Waals surface area (Å²) in [7, 11) is -3.84. The number of aromatic amines is 1. The summed E-state index contributed by atoms with van der Waals surface area (Å²) in [5.74, 6) is -0.262. The normalized spacial score (nSPS) is 12.8. The SMILES string of the molecule is CC(C)c1cc(CS(=O)(=O)c2ccc(C(F)(F)F)cn2)[nH]n1. The summed E-state index contributed by atoms with van der Waals surface area (Å²) in [6.07, 6.45) is -4.04. The number of pyridine rings is 1. The van der Waals surface area contributed by atoms with E-state index in [0.29, 0.717) is 23.7 Å². The Balaban J connectivity index is 2.22. The van der Waals surface area contributed by atoms with E-state index in [2.05, 4.69) is 15.2 Å². The first-order chi connectivity index (χ1) is 10.1. The molecule has 9 heteroatoms. The van der Waals surface area contributed by atoms with E-state index >= 15 is 0 Å². The van der Waals surface area contributed by atoms with Crippen molar-refractivity contribution in [1.29, 1.82) is 0 Å². The minimum absolute atomic E-state index is 0.136. The highest BCUT2D eigenvalue weighted by molar-refractivity contribution is 7.90. The highest BCUT2D eigenvalue weighted by atomic mass is 32.2. The van der Waals surface area contributed by atoms with Crippen LogP contribution in [-0.2, 0) is 21.8 Å². The lowest BCUT2D eigenvalue weighted by molar-refractivity contribution is -0.137. The van der Waals surface area contributed by atoms with Crippen molar-refractivity contribution in [2.75, 3.05) is 0 Å². The Hall–Kier alpha value is -1.90. The average molecular weight is 333 g/mol. The molecule has 2 heterocycles. The summed E-state index contributed by atoms with van der Waals surface area (Å²) < 4.78 is 61.6. The molecule has 0 saturated heterocycles. The zero-order valence-corrected chi connectivity index (χ0v) is 12.7. The first-order valence-corrected chi connectivity index (χ1v) is 8.05. The third-order valence-electron chi connectivity index (χ3n) is 2.97. The maximum Gasteiger partial charge on any atom is 0.417 e. The molecule has 0 saturated carbocycles. The van der Waals surface area contributed by atoms with Crippen LogP contribution in [0.25, 0.3) is 0 Å². The molecule has 5 nitrogen and oxygen atoms in total. The number of rotatable bonds is 4. The maximum atomic E-state index is 12.4. The van der Waals surface area contributed by atoms with Crippen LogP contribution in [0.3, 0.4) is 0 Å². The molecule has 0 unspecified atom stereocenters. The third kappa shape index (κ3) is 3.65. The number of halogens is 3. The van der Waals surface area contributed by atoms with E-state index in [1.54, 1.807) is 6.07 Å². The number of nitrogens with one attached hydrogen (secondary N) is 1. The van der Waals surface area contributed by atoms with Gasteiger partial charge >= 0.3 is 6.18 Å². The number of hydrogen-bond donors (Lipinski definition) is 1. The van der Waals surface area contributed by atoms with Crippen LogP contribution in [0.5, 0.6) is 0 Å². The van der Waals surface area contributed by atoms with Crippen molar-refractivity contribution in [3.05, 3.63) is 41.3 Å². The molecule has 0 atom stereocenters. The number of aromatic nitrogens is 3. The molecule has 0 amide bonds. The first-order valence-electron chi connectivity index (χ1n) is 6.40. The average Bonchev–Trinajstić information content (AvgIpc) is 2.86. The largest absolute Gasteiger partial charge is 0.417 e. The van der Waals surface area contributed by atoms with Gasteiger partial charge in [-0.25, -0.2) is 13.4 Å². The summed E-state index contributed by atoms with van der Waals surface area (Å²) in [6, 6.07) is 3.18. The fourth-order valence-electron chi connectivity index (χ4n) is 1.76. The molecule has 0 aliphatic carbocycles. The van der Waals surface area contributed by atoms with Crippen LogP contribution in [0, 0.1) is 0 Å². The van der Waals surface area contributed by atoms with Crippen LogP contribution in [0.1, 0.15) is 36.7 Å². The van der Waals surface area contributed by atoms with Gasteiger partial charge in [0, 0.05) is 6.20 Å².